The van der Waals surface area contributed by atoms with Crippen LogP contribution in [0.4, 0.5) is 4.79 Å². The first-order chi connectivity index (χ1) is 66.1. The molecule has 14 heterocycles. The van der Waals surface area contributed by atoms with Crippen LogP contribution >= 0.6 is 22.7 Å². The number of nitrogens with zero attached hydrogens (tertiary/aromatic N) is 6. The summed E-state index contributed by atoms with van der Waals surface area (Å²) in [6, 6.07) is 82.0. The average molecular weight is 1880 g/mol. The number of hydrogen-bond donors (Lipinski definition) is 3. The SMILES string of the molecule is CN1[C@@H]2CC[C@H]1CC(OC(=O)N1Cc3ccccc3CC1=O)C2.C[N+]1(C)CCC(OC(=O)C(c2ccccc2)c2ccccc2)CC1.NC(=O)C(c1ccccc1)(c1ccccc1)[C@@H]1CCN(CCc2ccc3c(c2)CCO3)C1.O=C(OC1CN2CCC1CC2)C(O)(c1ccccc1)C1CCCC1.O=C(O[C@H]1C[N+]2(CCCOc3ccccc3)CCC1CC2)C(O)(c1cccs1)c1cccs1. The number of esters is 3. The number of aliphatic hydroxyl groups is 2. The smallest absolute Gasteiger partial charge is 0.417 e. The van der Waals surface area contributed by atoms with Crippen molar-refractivity contribution >= 4 is 58.5 Å². The van der Waals surface area contributed by atoms with Gasteiger partial charge in [-0.1, -0.05) is 231 Å². The Balaban J connectivity index is 0.000000119. The van der Waals surface area contributed by atoms with Gasteiger partial charge in [-0.25, -0.2) is 19.3 Å². The Kier molecular flexibility index (Phi) is 31.7. The van der Waals surface area contributed by atoms with Gasteiger partial charge in [-0.2, -0.15) is 0 Å². The molecule has 6 bridgehead atoms. The fourth-order valence-corrected chi connectivity index (χ4v) is 25.0. The van der Waals surface area contributed by atoms with Crippen molar-refractivity contribution in [3.8, 4) is 11.5 Å². The van der Waals surface area contributed by atoms with Gasteiger partial charge >= 0.3 is 24.0 Å². The predicted molar refractivity (Wildman–Crippen MR) is 529 cm³/mol. The van der Waals surface area contributed by atoms with E-state index in [1.54, 1.807) is 0 Å². The van der Waals surface area contributed by atoms with Crippen LogP contribution in [0.15, 0.2) is 259 Å². The second kappa shape index (κ2) is 44.4. The largest absolute Gasteiger partial charge is 0.493 e. The Bertz CT molecular complexity index is 5430. The van der Waals surface area contributed by atoms with Gasteiger partial charge in [0.05, 0.1) is 82.8 Å². The summed E-state index contributed by atoms with van der Waals surface area (Å²) in [5.74, 6) is 0.997. The Morgan fingerprint density at radius 2 is 1.10 bits per heavy atom. The summed E-state index contributed by atoms with van der Waals surface area (Å²) in [4.78, 5) is 87.2. The molecule has 12 aliphatic heterocycles. The first-order valence-corrected chi connectivity index (χ1v) is 51.4. The molecule has 10 aromatic rings. The van der Waals surface area contributed by atoms with Crippen molar-refractivity contribution in [2.24, 2.45) is 29.4 Å². The molecule has 21 nitrogen and oxygen atoms in total. The van der Waals surface area contributed by atoms with Crippen molar-refractivity contribution in [1.82, 2.24) is 19.6 Å². The maximum Gasteiger partial charge on any atom is 0.417 e. The number of likely N-dealkylation sites (tertiary alicyclic amines) is 2. The van der Waals surface area contributed by atoms with Gasteiger partial charge in [-0.3, -0.25) is 19.3 Å². The van der Waals surface area contributed by atoms with Crippen LogP contribution in [0.3, 0.4) is 0 Å². The molecular formula is C113H135N7O14S2+2. The fourth-order valence-electron chi connectivity index (χ4n) is 23.3. The molecule has 2 aromatic heterocycles. The highest BCUT2D eigenvalue weighted by Gasteiger charge is 2.54. The molecule has 3 amide bonds. The standard InChI is InChI=1S/C28H30N2O2.C26H30NO4S2.C21H26NO2.C20H27NO3.C18H22N2O3/c29-27(31)28(23-7-3-1-4-8-23,24-9-5-2-6-10-24)25-14-17-30(20-25)16-13-21-11-12-26-22(19-21)15-18-32-26;28-25(26(29,23-9-4-17-32-23)24-10-5-18-33-24)31-22-19-27(14-11-20(22)12-15-27)13-6-16-30-21-7-2-1-3-8-21;1-22(2)15-13-19(14-16-22)24-21(23)20(17-9-5-3-6-10-17)18-11-7-4-8-12-18;22-19(24-18-14-21-12-10-15(18)11-13-21)20(23,17-8-4-5-9-17)16-6-2-1-3-7-16;1-19-14-6-7-15(19)10-16(9-14)23-18(22)20-11-13-5-3-2-4-12(13)8-17(20)21/h1-12,19,25H,13-18,20H2,(H2,29,31);1-5,7-10,17-18,20,22,29H,6,11-16,19H2;3-12,19-20H,13-16H2,1-2H3;1-3,6-7,15,17-18,23H,4-5,8-14H2;2-5,14-16H,6-11H2,1H3/q;2*+1;;/t25-;20?,22-,27?;;;14-,15+,16?/m10.../s1. The molecule has 136 heavy (non-hydrogen) atoms. The van der Waals surface area contributed by atoms with Gasteiger partial charge in [0.25, 0.3) is 0 Å². The quantitative estimate of drug-likeness (QED) is 0.0209. The third-order valence-electron chi connectivity index (χ3n) is 31.2. The van der Waals surface area contributed by atoms with E-state index < -0.39 is 34.6 Å². The molecule has 13 aliphatic rings. The van der Waals surface area contributed by atoms with Gasteiger partial charge in [0.1, 0.15) is 47.7 Å². The van der Waals surface area contributed by atoms with E-state index in [-0.39, 0.29) is 66.4 Å². The molecule has 1 aliphatic carbocycles. The van der Waals surface area contributed by atoms with E-state index in [1.165, 1.54) is 51.5 Å². The summed E-state index contributed by atoms with van der Waals surface area (Å²) in [5, 5.41) is 26.8. The van der Waals surface area contributed by atoms with Gasteiger partial charge in [0.15, 0.2) is 11.7 Å². The molecular weight excluding hydrogens is 1740 g/mol. The second-order valence-electron chi connectivity index (χ2n) is 40.1. The molecule has 3 unspecified atom stereocenters. The Morgan fingerprint density at radius 3 is 1.68 bits per heavy atom. The maximum absolute atomic E-state index is 13.4. The zero-order valence-corrected chi connectivity index (χ0v) is 80.7. The van der Waals surface area contributed by atoms with Crippen molar-refractivity contribution in [3.05, 3.63) is 319 Å². The van der Waals surface area contributed by atoms with Gasteiger partial charge < -0.3 is 63.1 Å². The number of quaternary nitrogens is 2. The molecule has 0 spiro atoms. The van der Waals surface area contributed by atoms with Crippen molar-refractivity contribution in [1.29, 1.82) is 0 Å². The van der Waals surface area contributed by atoms with E-state index in [4.69, 9.17) is 34.2 Å². The number of primary amides is 1. The number of fused-ring (bicyclic) bond motifs is 10. The number of thiophene rings is 2. The Morgan fingerprint density at radius 1 is 0.544 bits per heavy atom. The summed E-state index contributed by atoms with van der Waals surface area (Å²) in [6.45, 7) is 13.9. The minimum absolute atomic E-state index is 0.0338. The summed E-state index contributed by atoms with van der Waals surface area (Å²) in [6.07, 6.45) is 17.8. The molecule has 4 N–H and O–H groups in total. The minimum Gasteiger partial charge on any atom is -0.493 e. The number of piperidine rings is 8. The number of nitrogens with two attached hydrogens (primary N) is 1. The number of carbonyl (C=O) groups is 6. The molecule has 1 saturated carbocycles. The fraction of sp³-hybridized carbons (Fsp3) is 0.451. The summed E-state index contributed by atoms with van der Waals surface area (Å²) < 4.78 is 37.1. The molecule has 23 heteroatoms. The first kappa shape index (κ1) is 97.0. The number of amides is 3. The lowest BCUT2D eigenvalue weighted by molar-refractivity contribution is -0.946. The highest BCUT2D eigenvalue weighted by Crippen LogP contribution is 2.48. The number of para-hydroxylation sites is 1. The van der Waals surface area contributed by atoms with Crippen LogP contribution in [0.2, 0.25) is 0 Å². The highest BCUT2D eigenvalue weighted by atomic mass is 32.1. The monoisotopic (exact) mass is 1880 g/mol. The van der Waals surface area contributed by atoms with E-state index in [0.717, 1.165) is 242 Å². The van der Waals surface area contributed by atoms with Crippen LogP contribution in [0.1, 0.15) is 168 Å². The molecule has 11 fully saturated rings. The number of rotatable bonds is 25. The van der Waals surface area contributed by atoms with Gasteiger partial charge in [0.2, 0.25) is 17.4 Å². The molecule has 7 atom stereocenters. The third-order valence-corrected chi connectivity index (χ3v) is 33.2. The summed E-state index contributed by atoms with van der Waals surface area (Å²) >= 11 is 2.77. The molecule has 23 rings (SSSR count). The second-order valence-corrected chi connectivity index (χ2v) is 42.0. The molecule has 10 saturated heterocycles. The van der Waals surface area contributed by atoms with Crippen molar-refractivity contribution in [2.45, 2.75) is 188 Å². The number of carbonyl (C=O) groups excluding carboxylic acids is 6. The lowest BCUT2D eigenvalue weighted by Crippen LogP contribution is -2.65. The molecule has 716 valence electrons. The van der Waals surface area contributed by atoms with Crippen molar-refractivity contribution < 1.29 is 76.4 Å². The zero-order chi connectivity index (χ0) is 94.2. The summed E-state index contributed by atoms with van der Waals surface area (Å²) in [7, 11) is 6.62. The highest BCUT2D eigenvalue weighted by molar-refractivity contribution is 7.12. The first-order valence-electron chi connectivity index (χ1n) is 49.7. The van der Waals surface area contributed by atoms with Crippen molar-refractivity contribution in [3.63, 3.8) is 0 Å². The summed E-state index contributed by atoms with van der Waals surface area (Å²) in [5.41, 5.74) is 11.5. The van der Waals surface area contributed by atoms with Crippen molar-refractivity contribution in [2.75, 3.05) is 113 Å². The van der Waals surface area contributed by atoms with Gasteiger partial charge in [-0.05, 0) is 181 Å². The normalized spacial score (nSPS) is 24.2. The topological polar surface area (TPSA) is 237 Å². The maximum atomic E-state index is 13.4. The number of imide groups is 1. The third kappa shape index (κ3) is 22.5. The zero-order valence-electron chi connectivity index (χ0n) is 79.1. The van der Waals surface area contributed by atoms with Gasteiger partial charge in [-0.15, -0.1) is 22.7 Å². The lowest BCUT2D eigenvalue weighted by Gasteiger charge is -2.52. The van der Waals surface area contributed by atoms with E-state index in [2.05, 4.69) is 54.0 Å². The van der Waals surface area contributed by atoms with Crippen LogP contribution in [0.25, 0.3) is 0 Å². The van der Waals surface area contributed by atoms with Crippen LogP contribution in [-0.2, 0) is 85.3 Å². The number of hydrogen-bond acceptors (Lipinski definition) is 19. The van der Waals surface area contributed by atoms with Crippen LogP contribution in [0, 0.1) is 23.7 Å². The van der Waals surface area contributed by atoms with Crippen LogP contribution in [-0.4, -0.2) is 224 Å². The Hall–Kier alpha value is -10.7. The van der Waals surface area contributed by atoms with E-state index in [1.807, 2.05) is 241 Å². The molecule has 0 radical (unpaired) electrons. The molecule has 8 aromatic carbocycles. The van der Waals surface area contributed by atoms with E-state index in [0.29, 0.717) is 52.4 Å². The van der Waals surface area contributed by atoms with E-state index >= 15 is 0 Å². The van der Waals surface area contributed by atoms with Crippen LogP contribution < -0.4 is 15.2 Å². The Labute approximate surface area is 810 Å². The number of ether oxygens (including phenoxy) is 6. The number of benzene rings is 8. The lowest BCUT2D eigenvalue weighted by atomic mass is 9.64. The van der Waals surface area contributed by atoms with Crippen LogP contribution in [0.5, 0.6) is 11.5 Å². The average Bonchev–Trinajstić information content (AvgIpc) is 1.40. The predicted octanol–water partition coefficient (Wildman–Crippen LogP) is 17.3. The minimum atomic E-state index is -1.73. The van der Waals surface area contributed by atoms with E-state index in [9.17, 15) is 39.0 Å². The van der Waals surface area contributed by atoms with Gasteiger partial charge in [0, 0.05) is 94.9 Å².